The largest absolute Gasteiger partial charge is 0.493 e. The van der Waals surface area contributed by atoms with Gasteiger partial charge in [-0.3, -0.25) is 14.5 Å². The van der Waals surface area contributed by atoms with Crippen molar-refractivity contribution < 1.29 is 18.8 Å². The fourth-order valence-corrected chi connectivity index (χ4v) is 3.96. The van der Waals surface area contributed by atoms with Gasteiger partial charge in [0.1, 0.15) is 5.75 Å². The zero-order chi connectivity index (χ0) is 24.5. The first-order chi connectivity index (χ1) is 17.1. The van der Waals surface area contributed by atoms with Crippen molar-refractivity contribution >= 4 is 11.8 Å². The zero-order valence-corrected chi connectivity index (χ0v) is 20.0. The molecule has 0 unspecified atom stereocenters. The molecular formula is C26H31N5O4. The molecule has 1 aliphatic heterocycles. The van der Waals surface area contributed by atoms with E-state index in [2.05, 4.69) is 37.8 Å². The minimum Gasteiger partial charge on any atom is -0.493 e. The van der Waals surface area contributed by atoms with Gasteiger partial charge in [-0.1, -0.05) is 41.6 Å². The summed E-state index contributed by atoms with van der Waals surface area (Å²) in [5, 5.41) is 9.64. The molecule has 35 heavy (non-hydrogen) atoms. The zero-order valence-electron chi connectivity index (χ0n) is 20.0. The number of hydrogen-bond donors (Lipinski definition) is 2. The molecule has 0 aliphatic carbocycles. The Bertz CT molecular complexity index is 1130. The second-order valence-electron chi connectivity index (χ2n) is 8.62. The number of ether oxygens (including phenoxy) is 1. The first-order valence-electron chi connectivity index (χ1n) is 11.9. The molecule has 3 aromatic rings. The Morgan fingerprint density at radius 1 is 1.11 bits per heavy atom. The normalized spacial score (nSPS) is 15.5. The number of hydrogen-bond acceptors (Lipinski definition) is 7. The van der Waals surface area contributed by atoms with Crippen molar-refractivity contribution in [2.45, 2.75) is 45.8 Å². The lowest BCUT2D eigenvalue weighted by Gasteiger charge is -2.23. The lowest BCUT2D eigenvalue weighted by Crippen LogP contribution is -2.37. The number of rotatable bonds is 5. The lowest BCUT2D eigenvalue weighted by atomic mass is 10.1. The molecule has 0 atom stereocenters. The average Bonchev–Trinajstić information content (AvgIpc) is 3.28. The van der Waals surface area contributed by atoms with E-state index in [0.717, 1.165) is 30.4 Å². The summed E-state index contributed by atoms with van der Waals surface area (Å²) in [6.07, 6.45) is 2.73. The van der Waals surface area contributed by atoms with Crippen LogP contribution in [0.4, 0.5) is 0 Å². The molecule has 2 aromatic carbocycles. The molecule has 0 saturated heterocycles. The fraction of sp³-hybridized carbons (Fsp3) is 0.385. The highest BCUT2D eigenvalue weighted by molar-refractivity contribution is 5.94. The number of nitrogens with one attached hydrogen (secondary N) is 2. The van der Waals surface area contributed by atoms with E-state index in [1.807, 2.05) is 24.3 Å². The van der Waals surface area contributed by atoms with Gasteiger partial charge in [0, 0.05) is 37.7 Å². The van der Waals surface area contributed by atoms with Crippen molar-refractivity contribution in [3.63, 3.8) is 0 Å². The van der Waals surface area contributed by atoms with E-state index in [0.29, 0.717) is 49.3 Å². The van der Waals surface area contributed by atoms with E-state index >= 15 is 0 Å². The molecule has 0 fully saturated rings. The highest BCUT2D eigenvalue weighted by Gasteiger charge is 2.17. The summed E-state index contributed by atoms with van der Waals surface area (Å²) < 4.78 is 11.1. The quantitative estimate of drug-likeness (QED) is 0.581. The Labute approximate surface area is 204 Å². The van der Waals surface area contributed by atoms with Crippen LogP contribution in [-0.2, 0) is 24.4 Å². The number of amides is 2. The minimum atomic E-state index is -0.248. The van der Waals surface area contributed by atoms with Crippen LogP contribution in [0.25, 0.3) is 0 Å². The lowest BCUT2D eigenvalue weighted by molar-refractivity contribution is -0.122. The van der Waals surface area contributed by atoms with Crippen LogP contribution < -0.4 is 15.4 Å². The van der Waals surface area contributed by atoms with Crippen molar-refractivity contribution in [2.24, 2.45) is 0 Å². The number of carbonyl (C=O) groups excluding carboxylic acids is 2. The fourth-order valence-electron chi connectivity index (χ4n) is 3.96. The summed E-state index contributed by atoms with van der Waals surface area (Å²) in [4.78, 5) is 31.5. The summed E-state index contributed by atoms with van der Waals surface area (Å²) >= 11 is 0. The minimum absolute atomic E-state index is 0.00958. The molecule has 184 valence electrons. The topological polar surface area (TPSA) is 110 Å². The van der Waals surface area contributed by atoms with Gasteiger partial charge in [0.2, 0.25) is 11.8 Å². The van der Waals surface area contributed by atoms with Crippen molar-refractivity contribution in [1.82, 2.24) is 25.7 Å². The summed E-state index contributed by atoms with van der Waals surface area (Å²) in [6, 6.07) is 15.5. The second kappa shape index (κ2) is 12.1. The third-order valence-corrected chi connectivity index (χ3v) is 5.72. The summed E-state index contributed by atoms with van der Waals surface area (Å²) in [5.74, 6) is 1.29. The van der Waals surface area contributed by atoms with E-state index in [9.17, 15) is 9.59 Å². The second-order valence-corrected chi connectivity index (χ2v) is 8.62. The highest BCUT2D eigenvalue weighted by Crippen LogP contribution is 2.24. The van der Waals surface area contributed by atoms with Gasteiger partial charge in [-0.2, -0.15) is 4.98 Å². The van der Waals surface area contributed by atoms with Crippen LogP contribution in [0.2, 0.25) is 0 Å². The number of benzene rings is 2. The van der Waals surface area contributed by atoms with E-state index in [1.54, 1.807) is 19.1 Å². The maximum Gasteiger partial charge on any atom is 0.251 e. The Balaban J connectivity index is 1.53. The Morgan fingerprint density at radius 2 is 1.97 bits per heavy atom. The van der Waals surface area contributed by atoms with Crippen LogP contribution in [0.3, 0.4) is 0 Å². The van der Waals surface area contributed by atoms with Crippen LogP contribution in [0, 0.1) is 6.92 Å². The third kappa shape index (κ3) is 7.38. The van der Waals surface area contributed by atoms with Crippen molar-refractivity contribution in [2.75, 3.05) is 19.7 Å². The predicted molar refractivity (Wildman–Crippen MR) is 130 cm³/mol. The predicted octanol–water partition coefficient (Wildman–Crippen LogP) is 2.99. The average molecular weight is 478 g/mol. The molecule has 2 N–H and O–H groups in total. The van der Waals surface area contributed by atoms with Gasteiger partial charge >= 0.3 is 0 Å². The van der Waals surface area contributed by atoms with Gasteiger partial charge in [0.25, 0.3) is 5.91 Å². The van der Waals surface area contributed by atoms with Crippen LogP contribution in [0.1, 0.15) is 52.5 Å². The SMILES string of the molecule is Cc1nc(CNC(=O)c2ccc3c(c2)OCCCCCNC(=O)CN(Cc2ccccc2)C3)no1. The molecule has 2 amide bonds. The van der Waals surface area contributed by atoms with Gasteiger partial charge in [-0.25, -0.2) is 0 Å². The van der Waals surface area contributed by atoms with Gasteiger partial charge in [0.15, 0.2) is 5.82 Å². The van der Waals surface area contributed by atoms with E-state index in [4.69, 9.17) is 9.26 Å². The number of aryl methyl sites for hydroxylation is 1. The maximum absolute atomic E-state index is 12.8. The molecule has 1 aromatic heterocycles. The third-order valence-electron chi connectivity index (χ3n) is 5.72. The number of carbonyl (C=O) groups is 2. The number of fused-ring (bicyclic) bond motifs is 1. The maximum atomic E-state index is 12.8. The Hall–Kier alpha value is -3.72. The van der Waals surface area contributed by atoms with Crippen LogP contribution >= 0.6 is 0 Å². The van der Waals surface area contributed by atoms with Crippen LogP contribution in [-0.4, -0.2) is 46.6 Å². The summed E-state index contributed by atoms with van der Waals surface area (Å²) in [7, 11) is 0. The van der Waals surface area contributed by atoms with Gasteiger partial charge in [0.05, 0.1) is 19.7 Å². The molecule has 4 rings (SSSR count). The molecule has 0 spiro atoms. The van der Waals surface area contributed by atoms with Crippen LogP contribution in [0.5, 0.6) is 5.75 Å². The van der Waals surface area contributed by atoms with Crippen LogP contribution in [0.15, 0.2) is 53.1 Å². The Morgan fingerprint density at radius 3 is 2.77 bits per heavy atom. The van der Waals surface area contributed by atoms with Crippen molar-refractivity contribution in [3.05, 3.63) is 76.9 Å². The summed E-state index contributed by atoms with van der Waals surface area (Å²) in [5.41, 5.74) is 2.54. The summed E-state index contributed by atoms with van der Waals surface area (Å²) in [6.45, 7) is 4.50. The molecule has 1 aliphatic rings. The van der Waals surface area contributed by atoms with E-state index in [1.165, 1.54) is 0 Å². The van der Waals surface area contributed by atoms with Crippen molar-refractivity contribution in [1.29, 1.82) is 0 Å². The standard InChI is InChI=1S/C26H31N5O4/c1-19-29-24(30-35-19)15-28-26(33)21-10-11-22-17-31(16-20-8-4-2-5-9-20)18-25(32)27-12-6-3-7-13-34-23(22)14-21/h2,4-5,8-11,14H,3,6-7,12-13,15-18H2,1H3,(H,27,32)(H,28,33). The smallest absolute Gasteiger partial charge is 0.251 e. The first kappa shape index (κ1) is 24.4. The first-order valence-corrected chi connectivity index (χ1v) is 11.9. The van der Waals surface area contributed by atoms with Gasteiger partial charge in [-0.05, 0) is 37.0 Å². The Kier molecular flexibility index (Phi) is 8.45. The molecule has 9 nitrogen and oxygen atoms in total. The van der Waals surface area contributed by atoms with Crippen molar-refractivity contribution in [3.8, 4) is 5.75 Å². The number of nitrogens with zero attached hydrogens (tertiary/aromatic N) is 3. The van der Waals surface area contributed by atoms with E-state index in [-0.39, 0.29) is 24.9 Å². The monoisotopic (exact) mass is 477 g/mol. The van der Waals surface area contributed by atoms with E-state index < -0.39 is 0 Å². The number of aromatic nitrogens is 2. The molecule has 2 heterocycles. The molecular weight excluding hydrogens is 446 g/mol. The van der Waals surface area contributed by atoms with Gasteiger partial charge in [-0.15, -0.1) is 0 Å². The highest BCUT2D eigenvalue weighted by atomic mass is 16.5. The molecule has 0 bridgehead atoms. The molecule has 9 heteroatoms. The molecule has 0 saturated carbocycles. The van der Waals surface area contributed by atoms with Gasteiger partial charge < -0.3 is 19.9 Å². The molecule has 0 radical (unpaired) electrons.